The predicted molar refractivity (Wildman–Crippen MR) is 52.8 cm³/mol. The number of ether oxygens (including phenoxy) is 1. The molecule has 0 heterocycles. The Kier molecular flexibility index (Phi) is 4.45. The third-order valence-electron chi connectivity index (χ3n) is 1.73. The predicted octanol–water partition coefficient (Wildman–Crippen LogP) is 0.224. The van der Waals surface area contributed by atoms with Crippen LogP contribution >= 0.6 is 0 Å². The van der Waals surface area contributed by atoms with Gasteiger partial charge >= 0.3 is 7.32 Å². The Balaban J connectivity index is 2.59. The van der Waals surface area contributed by atoms with E-state index in [1.807, 2.05) is 6.07 Å². The largest absolute Gasteiger partial charge is 0.707 e. The highest BCUT2D eigenvalue weighted by Crippen LogP contribution is 2.13. The molecule has 0 amide bonds. The van der Waals surface area contributed by atoms with Gasteiger partial charge in [0.2, 0.25) is 0 Å². The van der Waals surface area contributed by atoms with Crippen LogP contribution in [0.3, 0.4) is 0 Å². The van der Waals surface area contributed by atoms with Gasteiger partial charge in [-0.25, -0.2) is 0 Å². The van der Waals surface area contributed by atoms with Crippen molar-refractivity contribution < 1.29 is 19.4 Å². The van der Waals surface area contributed by atoms with Crippen molar-refractivity contribution >= 4 is 7.32 Å². The minimum absolute atomic E-state index is 0.439. The van der Waals surface area contributed by atoms with E-state index in [9.17, 15) is 0 Å². The molecule has 4 nitrogen and oxygen atoms in total. The fourth-order valence-electron chi connectivity index (χ4n) is 1.12. The zero-order valence-electron chi connectivity index (χ0n) is 8.01. The Labute approximate surface area is 83.3 Å². The Morgan fingerprint density at radius 2 is 2.14 bits per heavy atom. The van der Waals surface area contributed by atoms with Crippen molar-refractivity contribution in [1.29, 1.82) is 0 Å². The average molecular weight is 196 g/mol. The molecule has 1 rings (SSSR count). The summed E-state index contributed by atoms with van der Waals surface area (Å²) < 4.78 is 9.63. The maximum Gasteiger partial charge on any atom is 0.707 e. The second-order valence-electron chi connectivity index (χ2n) is 2.83. The molecular weight excluding hydrogens is 183 g/mol. The second kappa shape index (κ2) is 5.64. The number of benzene rings is 1. The monoisotopic (exact) mass is 196 g/mol. The Morgan fingerprint density at radius 1 is 1.36 bits per heavy atom. The van der Waals surface area contributed by atoms with E-state index in [1.54, 1.807) is 25.3 Å². The quantitative estimate of drug-likeness (QED) is 0.661. The zero-order valence-corrected chi connectivity index (χ0v) is 8.01. The van der Waals surface area contributed by atoms with Crippen LogP contribution in [0.2, 0.25) is 0 Å². The highest BCUT2D eigenvalue weighted by atomic mass is 16.6. The van der Waals surface area contributed by atoms with Crippen molar-refractivity contribution in [1.82, 2.24) is 0 Å². The lowest BCUT2D eigenvalue weighted by Gasteiger charge is -2.06. The van der Waals surface area contributed by atoms with Crippen LogP contribution in [0.5, 0.6) is 5.75 Å². The first kappa shape index (κ1) is 11.0. The average Bonchev–Trinajstić information content (AvgIpc) is 2.14. The maximum atomic E-state index is 8.58. The molecule has 0 atom stereocenters. The molecular formula is C9H13BO4. The van der Waals surface area contributed by atoms with Gasteiger partial charge in [-0.3, -0.25) is 0 Å². The highest BCUT2D eigenvalue weighted by molar-refractivity contribution is 6.33. The summed E-state index contributed by atoms with van der Waals surface area (Å²) in [4.78, 5) is 0. The van der Waals surface area contributed by atoms with Crippen molar-refractivity contribution in [2.45, 2.75) is 6.42 Å². The molecule has 0 aromatic heterocycles. The van der Waals surface area contributed by atoms with E-state index in [0.29, 0.717) is 12.4 Å². The van der Waals surface area contributed by atoms with E-state index in [0.717, 1.165) is 12.0 Å². The summed E-state index contributed by atoms with van der Waals surface area (Å²) in [5.41, 5.74) is 1.03. The van der Waals surface area contributed by atoms with Gasteiger partial charge in [0.25, 0.3) is 0 Å². The summed E-state index contributed by atoms with van der Waals surface area (Å²) in [7, 11) is -0.134. The fraction of sp³-hybridized carbons (Fsp3) is 0.333. The van der Waals surface area contributed by atoms with Crippen LogP contribution in [-0.2, 0) is 11.2 Å². The van der Waals surface area contributed by atoms with E-state index < -0.39 is 7.32 Å². The summed E-state index contributed by atoms with van der Waals surface area (Å²) in [5.74, 6) is 0.439. The smallest absolute Gasteiger partial charge is 0.512 e. The summed E-state index contributed by atoms with van der Waals surface area (Å²) in [6, 6.07) is 7.13. The Hall–Kier alpha value is -1.04. The van der Waals surface area contributed by atoms with Gasteiger partial charge < -0.3 is 19.4 Å². The zero-order chi connectivity index (χ0) is 10.4. The van der Waals surface area contributed by atoms with Crippen LogP contribution in [0.25, 0.3) is 0 Å². The van der Waals surface area contributed by atoms with E-state index >= 15 is 0 Å². The summed E-state index contributed by atoms with van der Waals surface area (Å²) >= 11 is 0. The molecule has 0 fully saturated rings. The van der Waals surface area contributed by atoms with Gasteiger partial charge in [-0.2, -0.15) is 0 Å². The molecule has 0 unspecified atom stereocenters. The molecule has 2 N–H and O–H groups in total. The molecule has 0 aliphatic rings. The van der Waals surface area contributed by atoms with Crippen LogP contribution in [0.4, 0.5) is 0 Å². The summed E-state index contributed by atoms with van der Waals surface area (Å²) in [5, 5.41) is 17.2. The summed E-state index contributed by atoms with van der Waals surface area (Å²) in [6.07, 6.45) is 0.773. The minimum atomic E-state index is -1.77. The van der Waals surface area contributed by atoms with Crippen molar-refractivity contribution in [2.24, 2.45) is 0 Å². The van der Waals surface area contributed by atoms with Crippen molar-refractivity contribution in [2.75, 3.05) is 13.7 Å². The van der Waals surface area contributed by atoms with Crippen LogP contribution in [0.1, 0.15) is 5.56 Å². The van der Waals surface area contributed by atoms with Gasteiger partial charge in [0, 0.05) is 7.11 Å². The Morgan fingerprint density at radius 3 is 2.79 bits per heavy atom. The SMILES string of the molecule is COCCc1cccc(OB(O)O)c1. The molecule has 0 spiro atoms. The summed E-state index contributed by atoms with van der Waals surface area (Å²) in [6.45, 7) is 0.630. The number of rotatable bonds is 5. The van der Waals surface area contributed by atoms with Crippen LogP contribution in [0, 0.1) is 0 Å². The van der Waals surface area contributed by atoms with Gasteiger partial charge in [0.05, 0.1) is 6.61 Å². The molecule has 0 aliphatic heterocycles. The normalized spacial score (nSPS) is 9.93. The van der Waals surface area contributed by atoms with Gasteiger partial charge in [-0.15, -0.1) is 0 Å². The third kappa shape index (κ3) is 3.78. The van der Waals surface area contributed by atoms with E-state index in [1.165, 1.54) is 0 Å². The van der Waals surface area contributed by atoms with Crippen molar-refractivity contribution in [3.8, 4) is 5.75 Å². The molecule has 0 bridgehead atoms. The molecule has 14 heavy (non-hydrogen) atoms. The number of methoxy groups -OCH3 is 1. The van der Waals surface area contributed by atoms with Crippen molar-refractivity contribution in [3.63, 3.8) is 0 Å². The molecule has 76 valence electrons. The topological polar surface area (TPSA) is 58.9 Å². The Bertz CT molecular complexity index is 277. The lowest BCUT2D eigenvalue weighted by molar-refractivity contribution is 0.202. The molecule has 1 aromatic carbocycles. The molecule has 0 radical (unpaired) electrons. The van der Waals surface area contributed by atoms with E-state index in [2.05, 4.69) is 0 Å². The van der Waals surface area contributed by atoms with Gasteiger partial charge in [-0.1, -0.05) is 12.1 Å². The first-order valence-electron chi connectivity index (χ1n) is 4.33. The lowest BCUT2D eigenvalue weighted by Crippen LogP contribution is -2.20. The number of hydrogen-bond acceptors (Lipinski definition) is 4. The minimum Gasteiger partial charge on any atom is -0.512 e. The van der Waals surface area contributed by atoms with Crippen molar-refractivity contribution in [3.05, 3.63) is 29.8 Å². The van der Waals surface area contributed by atoms with Gasteiger partial charge in [0.1, 0.15) is 5.75 Å². The van der Waals surface area contributed by atoms with E-state index in [-0.39, 0.29) is 0 Å². The first-order valence-corrected chi connectivity index (χ1v) is 4.33. The number of hydrogen-bond donors (Lipinski definition) is 2. The second-order valence-corrected chi connectivity index (χ2v) is 2.83. The standard InChI is InChI=1S/C9H13BO4/c1-13-6-5-8-3-2-4-9(7-8)14-10(11)12/h2-4,7,11-12H,5-6H2,1H3. The molecule has 1 aromatic rings. The third-order valence-corrected chi connectivity index (χ3v) is 1.73. The molecule has 0 saturated carbocycles. The van der Waals surface area contributed by atoms with E-state index in [4.69, 9.17) is 19.4 Å². The fourth-order valence-corrected chi connectivity index (χ4v) is 1.12. The molecule has 5 heteroatoms. The molecule has 0 aliphatic carbocycles. The lowest BCUT2D eigenvalue weighted by atomic mass is 10.1. The van der Waals surface area contributed by atoms with Gasteiger partial charge in [-0.05, 0) is 24.1 Å². The van der Waals surface area contributed by atoms with Crippen LogP contribution in [-0.4, -0.2) is 31.1 Å². The van der Waals surface area contributed by atoms with Crippen LogP contribution < -0.4 is 4.65 Å². The first-order chi connectivity index (χ1) is 6.72. The van der Waals surface area contributed by atoms with Gasteiger partial charge in [0.15, 0.2) is 0 Å². The maximum absolute atomic E-state index is 8.58. The highest BCUT2D eigenvalue weighted by Gasteiger charge is 2.10. The van der Waals surface area contributed by atoms with Crippen LogP contribution in [0.15, 0.2) is 24.3 Å². The molecule has 0 saturated heterocycles.